The minimum absolute atomic E-state index is 0.0809. The molecule has 0 aliphatic heterocycles. The normalized spacial score (nSPS) is 12.3. The van der Waals surface area contributed by atoms with Crippen LogP contribution in [0.4, 0.5) is 26.3 Å². The summed E-state index contributed by atoms with van der Waals surface area (Å²) in [5.74, 6) is -0.324. The van der Waals surface area contributed by atoms with Crippen LogP contribution in [-0.2, 0) is 12.4 Å². The van der Waals surface area contributed by atoms with E-state index in [2.05, 4.69) is 19.9 Å². The summed E-state index contributed by atoms with van der Waals surface area (Å²) in [5.41, 5.74) is -1.82. The van der Waals surface area contributed by atoms with Gasteiger partial charge >= 0.3 is 12.4 Å². The van der Waals surface area contributed by atoms with Crippen molar-refractivity contribution in [2.24, 2.45) is 0 Å². The van der Waals surface area contributed by atoms with E-state index in [1.165, 1.54) is 28.4 Å². The number of rotatable bonds is 3. The smallest absolute Gasteiger partial charge is 0.274 e. The van der Waals surface area contributed by atoms with Gasteiger partial charge in [-0.1, -0.05) is 12.1 Å². The zero-order valence-electron chi connectivity index (χ0n) is 14.6. The lowest BCUT2D eigenvalue weighted by Crippen LogP contribution is -2.12. The Morgan fingerprint density at radius 1 is 0.833 bits per heavy atom. The van der Waals surface area contributed by atoms with Gasteiger partial charge in [-0.15, -0.1) is 11.3 Å². The van der Waals surface area contributed by atoms with Gasteiger partial charge in [0.2, 0.25) is 5.95 Å². The summed E-state index contributed by atoms with van der Waals surface area (Å²) in [4.78, 5) is 15.8. The van der Waals surface area contributed by atoms with Crippen LogP contribution in [-0.4, -0.2) is 24.5 Å². The minimum atomic E-state index is -4.78. The van der Waals surface area contributed by atoms with E-state index in [9.17, 15) is 26.3 Å². The molecule has 0 atom stereocenters. The molecule has 4 rings (SSSR count). The Morgan fingerprint density at radius 2 is 1.57 bits per heavy atom. The molecule has 0 aliphatic rings. The maximum absolute atomic E-state index is 13.4. The van der Waals surface area contributed by atoms with Crippen molar-refractivity contribution in [1.29, 1.82) is 0 Å². The van der Waals surface area contributed by atoms with Crippen LogP contribution in [0.1, 0.15) is 11.3 Å². The van der Waals surface area contributed by atoms with Crippen LogP contribution in [0.5, 0.6) is 0 Å². The number of imidazole rings is 1. The van der Waals surface area contributed by atoms with Crippen LogP contribution in [0.2, 0.25) is 0 Å². The summed E-state index contributed by atoms with van der Waals surface area (Å²) in [6.07, 6.45) is -5.12. The molecular formula is C18H9F6N5S. The predicted molar refractivity (Wildman–Crippen MR) is 95.7 cm³/mol. The molecule has 0 saturated heterocycles. The van der Waals surface area contributed by atoms with E-state index >= 15 is 0 Å². The van der Waals surface area contributed by atoms with Crippen LogP contribution < -0.4 is 0 Å². The molecule has 0 aliphatic carbocycles. The summed E-state index contributed by atoms with van der Waals surface area (Å²) in [6.45, 7) is 0. The fourth-order valence-corrected chi connectivity index (χ4v) is 3.16. The van der Waals surface area contributed by atoms with Gasteiger partial charge < -0.3 is 0 Å². The van der Waals surface area contributed by atoms with E-state index in [1.54, 1.807) is 11.6 Å². The molecule has 1 aromatic carbocycles. The van der Waals surface area contributed by atoms with Crippen molar-refractivity contribution in [3.8, 4) is 27.9 Å². The highest BCUT2D eigenvalue weighted by molar-refractivity contribution is 7.13. The van der Waals surface area contributed by atoms with Crippen LogP contribution in [0, 0.1) is 0 Å². The van der Waals surface area contributed by atoms with E-state index in [1.807, 2.05) is 0 Å². The van der Waals surface area contributed by atoms with Crippen molar-refractivity contribution >= 4 is 11.3 Å². The first-order valence-corrected chi connectivity index (χ1v) is 9.07. The van der Waals surface area contributed by atoms with E-state index < -0.39 is 23.6 Å². The number of hydrogen-bond donors (Lipinski definition) is 0. The number of alkyl halides is 6. The fourth-order valence-electron chi connectivity index (χ4n) is 2.57. The third-order valence-corrected chi connectivity index (χ3v) is 4.77. The second kappa shape index (κ2) is 7.20. The third kappa shape index (κ3) is 4.03. The largest absolute Gasteiger partial charge is 0.433 e. The molecule has 0 spiro atoms. The first-order chi connectivity index (χ1) is 14.1. The Balaban J connectivity index is 1.79. The molecule has 154 valence electrons. The Kier molecular flexibility index (Phi) is 4.80. The zero-order chi connectivity index (χ0) is 21.5. The highest BCUT2D eigenvalue weighted by Gasteiger charge is 2.34. The highest BCUT2D eigenvalue weighted by Crippen LogP contribution is 2.33. The number of hydrogen-bond acceptors (Lipinski definition) is 5. The van der Waals surface area contributed by atoms with Crippen molar-refractivity contribution in [2.75, 3.05) is 0 Å². The Bertz CT molecular complexity index is 1160. The van der Waals surface area contributed by atoms with Crippen LogP contribution in [0.25, 0.3) is 27.9 Å². The molecule has 3 heterocycles. The van der Waals surface area contributed by atoms with Gasteiger partial charge in [0.25, 0.3) is 0 Å². The SMILES string of the molecule is FC(F)(F)c1ccc(-c2cc(C(F)(F)F)nc(-n3cnc(-c4nccs4)c3)n2)cc1. The van der Waals surface area contributed by atoms with Gasteiger partial charge in [-0.2, -0.15) is 26.3 Å². The lowest BCUT2D eigenvalue weighted by Gasteiger charge is -2.12. The molecule has 4 aromatic rings. The molecule has 0 N–H and O–H groups in total. The van der Waals surface area contributed by atoms with Gasteiger partial charge in [-0.3, -0.25) is 4.57 Å². The summed E-state index contributed by atoms with van der Waals surface area (Å²) < 4.78 is 79.5. The van der Waals surface area contributed by atoms with Crippen molar-refractivity contribution in [3.05, 3.63) is 65.7 Å². The Morgan fingerprint density at radius 3 is 2.17 bits per heavy atom. The second-order valence-electron chi connectivity index (χ2n) is 6.01. The lowest BCUT2D eigenvalue weighted by atomic mass is 10.1. The standard InChI is InChI=1S/C18H9F6N5S/c19-17(20,21)11-3-1-10(2-4-11)12-7-14(18(22,23)24)28-16(27-12)29-8-13(26-9-29)15-25-5-6-30-15/h1-9H. The van der Waals surface area contributed by atoms with Gasteiger partial charge in [0.05, 0.1) is 11.3 Å². The maximum Gasteiger partial charge on any atom is 0.433 e. The van der Waals surface area contributed by atoms with Gasteiger partial charge in [0.15, 0.2) is 5.69 Å². The monoisotopic (exact) mass is 441 g/mol. The molecule has 5 nitrogen and oxygen atoms in total. The minimum Gasteiger partial charge on any atom is -0.274 e. The summed E-state index contributed by atoms with van der Waals surface area (Å²) in [7, 11) is 0. The van der Waals surface area contributed by atoms with E-state index in [-0.39, 0.29) is 17.2 Å². The average molecular weight is 441 g/mol. The summed E-state index contributed by atoms with van der Waals surface area (Å²) >= 11 is 1.30. The van der Waals surface area contributed by atoms with Gasteiger partial charge in [-0.05, 0) is 18.2 Å². The molecule has 0 fully saturated rings. The average Bonchev–Trinajstić information content (AvgIpc) is 3.38. The number of halogens is 6. The number of benzene rings is 1. The molecular weight excluding hydrogens is 432 g/mol. The molecule has 30 heavy (non-hydrogen) atoms. The molecule has 0 amide bonds. The molecule has 0 unspecified atom stereocenters. The van der Waals surface area contributed by atoms with Crippen LogP contribution in [0.3, 0.4) is 0 Å². The van der Waals surface area contributed by atoms with Crippen LogP contribution >= 0.6 is 11.3 Å². The van der Waals surface area contributed by atoms with E-state index in [0.717, 1.165) is 24.3 Å². The molecule has 0 bridgehead atoms. The molecule has 0 saturated carbocycles. The molecule has 0 radical (unpaired) electrons. The zero-order valence-corrected chi connectivity index (χ0v) is 15.4. The van der Waals surface area contributed by atoms with Gasteiger partial charge in [0.1, 0.15) is 17.0 Å². The van der Waals surface area contributed by atoms with Crippen molar-refractivity contribution in [3.63, 3.8) is 0 Å². The molecule has 12 heteroatoms. The Labute approximate surface area is 168 Å². The number of aromatic nitrogens is 5. The number of thiazole rings is 1. The second-order valence-corrected chi connectivity index (χ2v) is 6.91. The summed E-state index contributed by atoms with van der Waals surface area (Å²) in [6, 6.07) is 4.36. The summed E-state index contributed by atoms with van der Waals surface area (Å²) in [5, 5.41) is 2.28. The first kappa shape index (κ1) is 20.0. The van der Waals surface area contributed by atoms with Crippen molar-refractivity contribution in [1.82, 2.24) is 24.5 Å². The van der Waals surface area contributed by atoms with Gasteiger partial charge in [-0.25, -0.2) is 19.9 Å². The van der Waals surface area contributed by atoms with E-state index in [4.69, 9.17) is 0 Å². The quantitative estimate of drug-likeness (QED) is 0.395. The Hall–Kier alpha value is -3.28. The van der Waals surface area contributed by atoms with Crippen molar-refractivity contribution < 1.29 is 26.3 Å². The topological polar surface area (TPSA) is 56.5 Å². The van der Waals surface area contributed by atoms with Crippen molar-refractivity contribution in [2.45, 2.75) is 12.4 Å². The van der Waals surface area contributed by atoms with Gasteiger partial charge in [0, 0.05) is 23.3 Å². The third-order valence-electron chi connectivity index (χ3n) is 3.98. The maximum atomic E-state index is 13.4. The van der Waals surface area contributed by atoms with Crippen LogP contribution in [0.15, 0.2) is 54.4 Å². The lowest BCUT2D eigenvalue weighted by molar-refractivity contribution is -0.141. The van der Waals surface area contributed by atoms with E-state index in [0.29, 0.717) is 16.8 Å². The molecule has 3 aromatic heterocycles. The number of nitrogens with zero attached hydrogens (tertiary/aromatic N) is 5. The predicted octanol–water partition coefficient (Wildman–Crippen LogP) is 5.49. The fraction of sp³-hybridized carbons (Fsp3) is 0.111. The highest BCUT2D eigenvalue weighted by atomic mass is 32.1. The first-order valence-electron chi connectivity index (χ1n) is 8.19.